The monoisotopic (exact) mass is 1030 g/mol. The van der Waals surface area contributed by atoms with E-state index in [1.807, 2.05) is 0 Å². The van der Waals surface area contributed by atoms with Crippen LogP contribution in [0.4, 0.5) is 4.20 Å². The lowest BCUT2D eigenvalue weighted by Crippen LogP contribution is -1.03. The van der Waals surface area contributed by atoms with E-state index >= 15 is 0 Å². The second-order valence-electron chi connectivity index (χ2n) is 0.189. The molecule has 1 unspecified atom stereocenters. The van der Waals surface area contributed by atoms with Gasteiger partial charge in [0.1, 0.15) is 0 Å². The van der Waals surface area contributed by atoms with E-state index in [0.717, 1.165) is 0 Å². The molecule has 63 heavy (non-hydrogen) atoms. The SMILES string of the molecule is C.C.C.C.C.C.C.C.C.C.C.C.C.C.C.C.C.C.C.C.C.C.C.C.C.C.C.C.C.C.C.C.C.C.C.C.C.C.C.C.C.C.C.C.C.C.C.C.C.C.C.C.C.C.C.C.C.C.C.C.CPF. The molecule has 0 N–H and O–H groups in total. The molecule has 500 valence electrons. The highest BCUT2D eigenvalue weighted by molar-refractivity contribution is 7.30. The van der Waals surface area contributed by atoms with Crippen LogP contribution in [0.3, 0.4) is 0 Å². The minimum Gasteiger partial charge on any atom is -0.231 e. The van der Waals surface area contributed by atoms with Crippen molar-refractivity contribution in [3.05, 3.63) is 0 Å². The molecule has 0 aliphatic heterocycles. The fraction of sp³-hybridized carbons (Fsp3) is 1.00. The van der Waals surface area contributed by atoms with E-state index in [1.165, 1.54) is 6.66 Å². The Hall–Kier alpha value is 0.360. The van der Waals surface area contributed by atoms with Crippen molar-refractivity contribution in [1.29, 1.82) is 0 Å². The van der Waals surface area contributed by atoms with Crippen LogP contribution in [-0.4, -0.2) is 6.66 Å². The maximum absolute atomic E-state index is 10.3. The lowest BCUT2D eigenvalue weighted by Gasteiger charge is -1.45. The summed E-state index contributed by atoms with van der Waals surface area (Å²) in [6.45, 7) is 1.49. The molecule has 0 fully saturated rings. The van der Waals surface area contributed by atoms with E-state index in [0.29, 0.717) is 0 Å². The first-order valence-electron chi connectivity index (χ1n) is 0.689. The minimum absolute atomic E-state index is 0. The van der Waals surface area contributed by atoms with Gasteiger partial charge in [-0.3, -0.25) is 0 Å². The van der Waals surface area contributed by atoms with Gasteiger partial charge >= 0.3 is 0 Å². The molecule has 0 bridgehead atoms. The maximum Gasteiger partial charge on any atom is 0.0639 e. The summed E-state index contributed by atoms with van der Waals surface area (Å²) in [5.74, 6) is 0. The van der Waals surface area contributed by atoms with Gasteiger partial charge < -0.3 is 0 Å². The molecule has 0 saturated carbocycles. The molecule has 0 rings (SSSR count). The normalized spacial score (nSPS) is 0.476. The summed E-state index contributed by atoms with van der Waals surface area (Å²) >= 11 is 0. The van der Waals surface area contributed by atoms with Crippen LogP contribution in [0.15, 0.2) is 0 Å². The Balaban J connectivity index is -0.0000000000113. The first-order valence-corrected chi connectivity index (χ1v) is 2.07. The fourth-order valence-electron chi connectivity index (χ4n) is 0. The van der Waals surface area contributed by atoms with Gasteiger partial charge in [-0.25, -0.2) is 4.20 Å². The zero-order valence-corrected chi connectivity index (χ0v) is 2.88. The zero-order valence-electron chi connectivity index (χ0n) is 1.88. The van der Waals surface area contributed by atoms with Gasteiger partial charge in [0.15, 0.2) is 0 Å². The minimum atomic E-state index is -0.417. The van der Waals surface area contributed by atoms with Gasteiger partial charge in [-0.15, -0.1) is 0 Å². The molecule has 0 amide bonds. The molecular weight excluding hydrogens is 783 g/mol. The van der Waals surface area contributed by atoms with Crippen LogP contribution in [0.5, 0.6) is 0 Å². The van der Waals surface area contributed by atoms with Crippen LogP contribution in [0.2, 0.25) is 0 Å². The number of hydrogen-bond donors (Lipinski definition) is 0. The van der Waals surface area contributed by atoms with Gasteiger partial charge in [0, 0.05) is 0 Å². The second-order valence-corrected chi connectivity index (χ2v) is 0.567. The summed E-state index contributed by atoms with van der Waals surface area (Å²) in [7, 11) is -0.417. The smallest absolute Gasteiger partial charge is 0.0639 e. The van der Waals surface area contributed by atoms with Crippen molar-refractivity contribution < 1.29 is 4.20 Å². The van der Waals surface area contributed by atoms with Gasteiger partial charge in [0.25, 0.3) is 0 Å². The third-order valence-corrected chi connectivity index (χ3v) is 0. The predicted octanol–water partition coefficient (Wildman–Crippen LogP) is 39.3. The van der Waals surface area contributed by atoms with Crippen molar-refractivity contribution in [2.24, 2.45) is 0 Å². The Morgan fingerprint density at radius 2 is 0.111 bits per heavy atom. The molecule has 0 aromatic carbocycles. The van der Waals surface area contributed by atoms with E-state index in [-0.39, 0.29) is 446 Å². The van der Waals surface area contributed by atoms with Gasteiger partial charge in [0.05, 0.1) is 8.89 Å². The highest BCUT2D eigenvalue weighted by Gasteiger charge is 1.39. The molecular formula is C61H244FP. The van der Waals surface area contributed by atoms with Crippen LogP contribution in [-0.2, 0) is 0 Å². The number of rotatable bonds is 0. The Kier molecular flexibility index (Phi) is 89100000. The lowest BCUT2D eigenvalue weighted by atomic mass is 12.0. The quantitative estimate of drug-likeness (QED) is 0.212. The fourth-order valence-corrected chi connectivity index (χ4v) is 0. The first-order chi connectivity index (χ1) is 1.41. The van der Waals surface area contributed by atoms with E-state index in [1.54, 1.807) is 0 Å². The van der Waals surface area contributed by atoms with E-state index in [4.69, 9.17) is 0 Å². The first kappa shape index (κ1) is 44200. The summed E-state index contributed by atoms with van der Waals surface area (Å²) in [5.41, 5.74) is 0. The highest BCUT2D eigenvalue weighted by Crippen LogP contribution is 1.97. The average Bonchev–Trinajstić information content (AvgIpc) is 0.918. The average molecular weight is 1030 g/mol. The topological polar surface area (TPSA) is 0 Å². The third kappa shape index (κ3) is 1750000. The van der Waals surface area contributed by atoms with Crippen LogP contribution in [0.1, 0.15) is 446 Å². The Bertz CT molecular complexity index is 14.8. The Labute approximate surface area is 463 Å². The third-order valence-electron chi connectivity index (χ3n) is 0. The molecule has 0 aromatic rings. The van der Waals surface area contributed by atoms with Crippen molar-refractivity contribution in [3.8, 4) is 0 Å². The molecule has 0 heterocycles. The molecule has 0 aromatic heterocycles. The summed E-state index contributed by atoms with van der Waals surface area (Å²) in [4.78, 5) is 0. The van der Waals surface area contributed by atoms with Crippen molar-refractivity contribution in [2.45, 2.75) is 446 Å². The molecule has 0 saturated heterocycles. The molecule has 0 nitrogen and oxygen atoms in total. The van der Waals surface area contributed by atoms with Gasteiger partial charge in [-0.2, -0.15) is 0 Å². The lowest BCUT2D eigenvalue weighted by molar-refractivity contribution is 0.925. The van der Waals surface area contributed by atoms with E-state index in [2.05, 4.69) is 0 Å². The Morgan fingerprint density at radius 1 is 0.111 bits per heavy atom. The molecule has 0 radical (unpaired) electrons. The predicted molar refractivity (Wildman–Crippen MR) is 419 cm³/mol. The standard InChI is InChI=1S/CH4FP.60CH4/c1-3-2;;;;;;;;;;;;;;;;;;;;;;;;;;;;;;;;;;;;;;;;;;;;;;;;;;;;;;;;;;;;/h3H,1H3;60*1H4. The highest BCUT2D eigenvalue weighted by atomic mass is 31.1. The summed E-state index contributed by atoms with van der Waals surface area (Å²) in [5, 5.41) is 0. The van der Waals surface area contributed by atoms with Crippen LogP contribution in [0.25, 0.3) is 0 Å². The zero-order chi connectivity index (χ0) is 2.71. The molecule has 0 spiro atoms. The number of hydrogen-bond acceptors (Lipinski definition) is 0. The summed E-state index contributed by atoms with van der Waals surface area (Å²) in [6, 6.07) is 0. The molecule has 0 aliphatic rings. The van der Waals surface area contributed by atoms with Gasteiger partial charge in [0.2, 0.25) is 0 Å². The summed E-state index contributed by atoms with van der Waals surface area (Å²) < 4.78 is 10.3. The molecule has 1 atom stereocenters. The van der Waals surface area contributed by atoms with Crippen molar-refractivity contribution >= 4 is 8.89 Å². The number of halogens is 1. The Morgan fingerprint density at radius 3 is 0.111 bits per heavy atom. The van der Waals surface area contributed by atoms with Crippen LogP contribution in [0, 0.1) is 0 Å². The van der Waals surface area contributed by atoms with Crippen molar-refractivity contribution in [3.63, 3.8) is 0 Å². The van der Waals surface area contributed by atoms with Crippen LogP contribution < -0.4 is 0 Å². The molecule has 0 aliphatic carbocycles. The molecule has 2 heteroatoms. The van der Waals surface area contributed by atoms with Gasteiger partial charge in [-0.1, -0.05) is 446 Å². The second kappa shape index (κ2) is 127000. The van der Waals surface area contributed by atoms with E-state index in [9.17, 15) is 4.20 Å². The largest absolute Gasteiger partial charge is 0.231 e. The van der Waals surface area contributed by atoms with Crippen molar-refractivity contribution in [1.82, 2.24) is 0 Å². The van der Waals surface area contributed by atoms with Gasteiger partial charge in [-0.05, 0) is 6.66 Å². The maximum atomic E-state index is 10.3. The summed E-state index contributed by atoms with van der Waals surface area (Å²) in [6.07, 6.45) is 0. The van der Waals surface area contributed by atoms with Crippen LogP contribution >= 0.6 is 8.89 Å². The van der Waals surface area contributed by atoms with Crippen molar-refractivity contribution in [2.75, 3.05) is 6.66 Å². The van der Waals surface area contributed by atoms with E-state index < -0.39 is 8.89 Å².